The number of rotatable bonds is 0. The Morgan fingerprint density at radius 2 is 1.78 bits per heavy atom. The summed E-state index contributed by atoms with van der Waals surface area (Å²) in [6.07, 6.45) is -0.278. The third-order valence-electron chi connectivity index (χ3n) is 8.31. The smallest absolute Gasteiger partial charge is 0.341 e. The molecule has 7 nitrogen and oxygen atoms in total. The molecule has 0 aromatic carbocycles. The summed E-state index contributed by atoms with van der Waals surface area (Å²) in [5.74, 6) is -2.75. The molecule has 3 saturated heterocycles. The van der Waals surface area contributed by atoms with E-state index >= 15 is 0 Å². The normalized spacial score (nSPS) is 58.8. The van der Waals surface area contributed by atoms with Gasteiger partial charge in [-0.15, -0.1) is 0 Å². The topological polar surface area (TPSA) is 113 Å². The van der Waals surface area contributed by atoms with Crippen molar-refractivity contribution in [3.8, 4) is 0 Å². The Labute approximate surface area is 157 Å². The maximum absolute atomic E-state index is 13.3. The second kappa shape index (κ2) is 4.58. The molecule has 9 atom stereocenters. The molecule has 3 aliphatic carbocycles. The summed E-state index contributed by atoms with van der Waals surface area (Å²) >= 11 is 0. The van der Waals surface area contributed by atoms with Crippen LogP contribution in [-0.4, -0.2) is 55.6 Å². The standard InChI is InChI=1S/C20H26O7/c1-8-5-9(2)14(22)12-16(24)26-19-7-17(3,25)18(4)15(23)11(19)6-10(13(8)21)20(12,19)27-18/h8-11,15,22-23,25H,5-7H2,1-4H3/t8-,9+,10+,11+,15+,17-,18-,19+,20-/m1/s1. The fourth-order valence-corrected chi connectivity index (χ4v) is 6.83. The van der Waals surface area contributed by atoms with Crippen LogP contribution in [0.2, 0.25) is 0 Å². The summed E-state index contributed by atoms with van der Waals surface area (Å²) in [6, 6.07) is 0. The molecule has 0 aromatic rings. The zero-order chi connectivity index (χ0) is 19.7. The Bertz CT molecular complexity index is 815. The Hall–Kier alpha value is -1.44. The predicted molar refractivity (Wildman–Crippen MR) is 91.5 cm³/mol. The van der Waals surface area contributed by atoms with E-state index in [1.165, 1.54) is 0 Å². The lowest BCUT2D eigenvalue weighted by molar-refractivity contribution is -0.379. The minimum Gasteiger partial charge on any atom is -0.511 e. The monoisotopic (exact) mass is 378 g/mol. The van der Waals surface area contributed by atoms with Crippen LogP contribution in [0.25, 0.3) is 0 Å². The summed E-state index contributed by atoms with van der Waals surface area (Å²) in [5.41, 5.74) is -5.59. The van der Waals surface area contributed by atoms with Crippen molar-refractivity contribution in [1.29, 1.82) is 0 Å². The lowest BCUT2D eigenvalue weighted by Gasteiger charge is -2.65. The second-order valence-electron chi connectivity index (χ2n) is 9.71. The van der Waals surface area contributed by atoms with Gasteiger partial charge in [0.15, 0.2) is 11.2 Å². The number of carbonyl (C=O) groups excluding carboxylic acids is 2. The number of ketones is 1. The molecule has 4 bridgehead atoms. The van der Waals surface area contributed by atoms with Gasteiger partial charge in [-0.3, -0.25) is 4.79 Å². The molecule has 0 radical (unpaired) electrons. The van der Waals surface area contributed by atoms with Gasteiger partial charge in [0.1, 0.15) is 22.7 Å². The highest BCUT2D eigenvalue weighted by atomic mass is 16.6. The van der Waals surface area contributed by atoms with Crippen molar-refractivity contribution in [2.45, 2.75) is 75.5 Å². The number of Topliss-reactive ketones (excluding diaryl/α,β-unsaturated/α-hetero) is 1. The van der Waals surface area contributed by atoms with Crippen molar-refractivity contribution < 1.29 is 34.4 Å². The molecule has 6 rings (SSSR count). The van der Waals surface area contributed by atoms with Gasteiger partial charge >= 0.3 is 5.97 Å². The van der Waals surface area contributed by atoms with Gasteiger partial charge < -0.3 is 24.8 Å². The third kappa shape index (κ3) is 1.56. The van der Waals surface area contributed by atoms with Crippen molar-refractivity contribution in [3.63, 3.8) is 0 Å². The minimum absolute atomic E-state index is 0.0244. The van der Waals surface area contributed by atoms with Crippen LogP contribution >= 0.6 is 0 Å². The van der Waals surface area contributed by atoms with E-state index in [2.05, 4.69) is 0 Å². The number of carbonyl (C=O) groups is 2. The SMILES string of the molecule is C[C@@H]1C[C@H](C)C(O)=C2C(=O)O[C@]34C[C@@](C)(O)[C@]5(C)O[C@]23[C@@H](C[C@H]4[C@@H]5O)C1=O. The highest BCUT2D eigenvalue weighted by molar-refractivity contribution is 6.00. The molecule has 0 amide bonds. The molecule has 7 heteroatoms. The predicted octanol–water partition coefficient (Wildman–Crippen LogP) is 1.02. The molecule has 3 aliphatic heterocycles. The fourth-order valence-electron chi connectivity index (χ4n) is 6.83. The van der Waals surface area contributed by atoms with Crippen molar-refractivity contribution in [2.75, 3.05) is 0 Å². The Morgan fingerprint density at radius 3 is 2.44 bits per heavy atom. The lowest BCUT2D eigenvalue weighted by atomic mass is 9.54. The summed E-state index contributed by atoms with van der Waals surface area (Å²) in [4.78, 5) is 26.3. The number of aliphatic hydroxyl groups is 3. The molecule has 27 heavy (non-hydrogen) atoms. The van der Waals surface area contributed by atoms with Gasteiger partial charge in [0.05, 0.1) is 17.6 Å². The maximum Gasteiger partial charge on any atom is 0.341 e. The maximum atomic E-state index is 13.3. The van der Waals surface area contributed by atoms with Crippen LogP contribution in [0.5, 0.6) is 0 Å². The van der Waals surface area contributed by atoms with Gasteiger partial charge in [0.2, 0.25) is 0 Å². The van der Waals surface area contributed by atoms with Crippen LogP contribution in [0.4, 0.5) is 0 Å². The van der Waals surface area contributed by atoms with E-state index < -0.39 is 52.2 Å². The number of ether oxygens (including phenoxy) is 2. The quantitative estimate of drug-likeness (QED) is 0.539. The van der Waals surface area contributed by atoms with E-state index in [9.17, 15) is 24.9 Å². The first-order valence-electron chi connectivity index (χ1n) is 9.74. The van der Waals surface area contributed by atoms with E-state index in [1.807, 2.05) is 6.92 Å². The number of hydrogen-bond acceptors (Lipinski definition) is 7. The van der Waals surface area contributed by atoms with Crippen LogP contribution in [0.1, 0.15) is 47.0 Å². The number of aliphatic hydroxyl groups excluding tert-OH is 2. The van der Waals surface area contributed by atoms with E-state index in [-0.39, 0.29) is 29.5 Å². The fraction of sp³-hybridized carbons (Fsp3) is 0.800. The van der Waals surface area contributed by atoms with Crippen LogP contribution < -0.4 is 0 Å². The third-order valence-corrected chi connectivity index (χ3v) is 8.31. The van der Waals surface area contributed by atoms with Crippen molar-refractivity contribution in [2.24, 2.45) is 23.7 Å². The lowest BCUT2D eigenvalue weighted by Crippen LogP contribution is -2.81. The Kier molecular flexibility index (Phi) is 2.99. The van der Waals surface area contributed by atoms with Gasteiger partial charge in [0.25, 0.3) is 0 Å². The van der Waals surface area contributed by atoms with Crippen LogP contribution in [-0.2, 0) is 19.1 Å². The van der Waals surface area contributed by atoms with E-state index in [1.54, 1.807) is 20.8 Å². The van der Waals surface area contributed by atoms with Crippen molar-refractivity contribution in [1.82, 2.24) is 0 Å². The number of esters is 1. The molecular formula is C20H26O7. The van der Waals surface area contributed by atoms with Gasteiger partial charge in [-0.2, -0.15) is 0 Å². The Morgan fingerprint density at radius 1 is 1.11 bits per heavy atom. The number of fused-ring (bicyclic) bond motifs is 1. The summed E-state index contributed by atoms with van der Waals surface area (Å²) < 4.78 is 12.3. The minimum atomic E-state index is -1.45. The Balaban J connectivity index is 1.86. The highest BCUT2D eigenvalue weighted by Gasteiger charge is 2.89. The average molecular weight is 378 g/mol. The molecule has 3 heterocycles. The van der Waals surface area contributed by atoms with E-state index in [0.29, 0.717) is 12.8 Å². The van der Waals surface area contributed by atoms with E-state index in [0.717, 1.165) is 0 Å². The van der Waals surface area contributed by atoms with Gasteiger partial charge in [-0.25, -0.2) is 4.79 Å². The molecule has 3 N–H and O–H groups in total. The number of allylic oxidation sites excluding steroid dienone is 1. The molecule has 6 aliphatic rings. The van der Waals surface area contributed by atoms with Crippen LogP contribution in [0.15, 0.2) is 11.3 Å². The summed E-state index contributed by atoms with van der Waals surface area (Å²) in [6.45, 7) is 6.79. The molecule has 2 spiro atoms. The van der Waals surface area contributed by atoms with Crippen molar-refractivity contribution in [3.05, 3.63) is 11.3 Å². The van der Waals surface area contributed by atoms with Crippen LogP contribution in [0.3, 0.4) is 0 Å². The van der Waals surface area contributed by atoms with Gasteiger partial charge in [-0.1, -0.05) is 13.8 Å². The van der Waals surface area contributed by atoms with E-state index in [4.69, 9.17) is 9.47 Å². The molecule has 2 saturated carbocycles. The largest absolute Gasteiger partial charge is 0.511 e. The first kappa shape index (κ1) is 17.6. The summed E-state index contributed by atoms with van der Waals surface area (Å²) in [5, 5.41) is 33.1. The average Bonchev–Trinajstić information content (AvgIpc) is 2.90. The highest BCUT2D eigenvalue weighted by Crippen LogP contribution is 2.73. The first-order chi connectivity index (χ1) is 12.4. The molecule has 5 fully saturated rings. The molecular weight excluding hydrogens is 352 g/mol. The molecule has 0 aromatic heterocycles. The van der Waals surface area contributed by atoms with Gasteiger partial charge in [0, 0.05) is 24.2 Å². The van der Waals surface area contributed by atoms with Gasteiger partial charge in [-0.05, 0) is 26.7 Å². The van der Waals surface area contributed by atoms with Crippen molar-refractivity contribution >= 4 is 11.8 Å². The zero-order valence-corrected chi connectivity index (χ0v) is 16.0. The summed E-state index contributed by atoms with van der Waals surface area (Å²) in [7, 11) is 0. The number of hydrogen-bond donors (Lipinski definition) is 3. The molecule has 148 valence electrons. The zero-order valence-electron chi connectivity index (χ0n) is 16.0. The second-order valence-corrected chi connectivity index (χ2v) is 9.71. The van der Waals surface area contributed by atoms with Crippen LogP contribution in [0, 0.1) is 23.7 Å². The molecule has 0 unspecified atom stereocenters. The first-order valence-corrected chi connectivity index (χ1v) is 9.74.